The van der Waals surface area contributed by atoms with Crippen molar-refractivity contribution >= 4 is 7.82 Å². The Labute approximate surface area is 165 Å². The van der Waals surface area contributed by atoms with Gasteiger partial charge in [-0.2, -0.15) is 4.57 Å². The molecule has 0 bridgehead atoms. The first-order valence-electron chi connectivity index (χ1n) is 9.27. The van der Waals surface area contributed by atoms with Gasteiger partial charge in [-0.1, -0.05) is 53.6 Å². The molecule has 1 aliphatic rings. The summed E-state index contributed by atoms with van der Waals surface area (Å²) in [6.07, 6.45) is 0.636. The summed E-state index contributed by atoms with van der Waals surface area (Å²) < 4.78 is 31.4. The molecule has 1 aliphatic heterocycles. The van der Waals surface area contributed by atoms with E-state index in [1.54, 1.807) is 0 Å². The van der Waals surface area contributed by atoms with E-state index in [9.17, 15) is 4.57 Å². The molecule has 0 N–H and O–H groups in total. The van der Waals surface area contributed by atoms with Crippen LogP contribution in [0.25, 0.3) is 0 Å². The normalized spacial score (nSPS) is 14.6. The number of rotatable bonds is 2. The average molecular weight is 394 g/mol. The molecule has 0 radical (unpaired) electrons. The molecule has 144 valence electrons. The molecule has 4 nitrogen and oxygen atoms in total. The number of hydrogen-bond donors (Lipinski definition) is 0. The molecule has 0 aliphatic carbocycles. The third kappa shape index (κ3) is 3.65. The zero-order valence-electron chi connectivity index (χ0n) is 16.5. The Hall–Kier alpha value is -2.71. The Balaban J connectivity index is 1.84. The molecular formula is C23H23O4P. The Bertz CT molecular complexity index is 1030. The summed E-state index contributed by atoms with van der Waals surface area (Å²) in [5.41, 5.74) is 5.89. The highest BCUT2D eigenvalue weighted by molar-refractivity contribution is 7.49. The summed E-state index contributed by atoms with van der Waals surface area (Å²) in [5, 5.41) is 0. The van der Waals surface area contributed by atoms with Crippen molar-refractivity contribution in [1.29, 1.82) is 0 Å². The van der Waals surface area contributed by atoms with Gasteiger partial charge in [0, 0.05) is 6.42 Å². The van der Waals surface area contributed by atoms with Crippen molar-refractivity contribution in [3.05, 3.63) is 88.0 Å². The van der Waals surface area contributed by atoms with Crippen LogP contribution in [0.4, 0.5) is 0 Å². The molecule has 3 aromatic carbocycles. The molecule has 0 amide bonds. The quantitative estimate of drug-likeness (QED) is 0.467. The number of phosphoric ester groups is 1. The molecule has 0 saturated heterocycles. The largest absolute Gasteiger partial charge is 0.647 e. The minimum Gasteiger partial charge on any atom is -0.386 e. The van der Waals surface area contributed by atoms with Crippen molar-refractivity contribution in [2.24, 2.45) is 0 Å². The first-order chi connectivity index (χ1) is 13.3. The third-order valence-electron chi connectivity index (χ3n) is 4.85. The lowest BCUT2D eigenvalue weighted by Gasteiger charge is -2.26. The van der Waals surface area contributed by atoms with Crippen molar-refractivity contribution in [2.45, 2.75) is 34.1 Å². The molecule has 0 atom stereocenters. The van der Waals surface area contributed by atoms with Crippen LogP contribution >= 0.6 is 7.82 Å². The minimum absolute atomic E-state index is 0.521. The lowest BCUT2D eigenvalue weighted by atomic mass is 10.00. The molecule has 0 saturated carbocycles. The van der Waals surface area contributed by atoms with E-state index < -0.39 is 7.82 Å². The molecular weight excluding hydrogens is 371 g/mol. The van der Waals surface area contributed by atoms with Crippen molar-refractivity contribution < 1.29 is 18.1 Å². The van der Waals surface area contributed by atoms with Crippen LogP contribution < -0.4 is 13.6 Å². The Kier molecular flexibility index (Phi) is 4.68. The van der Waals surface area contributed by atoms with E-state index in [1.807, 2.05) is 70.2 Å². The van der Waals surface area contributed by atoms with Crippen LogP contribution in [0, 0.1) is 27.7 Å². The van der Waals surface area contributed by atoms with E-state index in [4.69, 9.17) is 13.6 Å². The highest BCUT2D eigenvalue weighted by Gasteiger charge is 2.37. The second-order valence-electron chi connectivity index (χ2n) is 7.34. The summed E-state index contributed by atoms with van der Waals surface area (Å²) in [7, 11) is -3.96. The van der Waals surface area contributed by atoms with Gasteiger partial charge in [0.15, 0.2) is 0 Å². The lowest BCUT2D eigenvalue weighted by molar-refractivity contribution is 0.293. The summed E-state index contributed by atoms with van der Waals surface area (Å²) >= 11 is 0. The van der Waals surface area contributed by atoms with Crippen molar-refractivity contribution in [3.63, 3.8) is 0 Å². The Morgan fingerprint density at radius 2 is 1.29 bits per heavy atom. The maximum absolute atomic E-state index is 13.7. The highest BCUT2D eigenvalue weighted by Crippen LogP contribution is 2.53. The highest BCUT2D eigenvalue weighted by atomic mass is 31.2. The number of phosphoric acid groups is 1. The summed E-state index contributed by atoms with van der Waals surface area (Å²) in [4.78, 5) is 0. The van der Waals surface area contributed by atoms with Gasteiger partial charge >= 0.3 is 7.82 Å². The first-order valence-corrected chi connectivity index (χ1v) is 10.7. The van der Waals surface area contributed by atoms with E-state index in [1.165, 1.54) is 0 Å². The van der Waals surface area contributed by atoms with Crippen molar-refractivity contribution in [2.75, 3.05) is 0 Å². The van der Waals surface area contributed by atoms with Crippen LogP contribution in [0.3, 0.4) is 0 Å². The minimum atomic E-state index is -3.96. The fourth-order valence-corrected chi connectivity index (χ4v) is 4.89. The van der Waals surface area contributed by atoms with Gasteiger partial charge in [0.1, 0.15) is 17.2 Å². The van der Waals surface area contributed by atoms with Crippen LogP contribution in [0.15, 0.2) is 54.6 Å². The standard InChI is InChI=1S/C23H23O4P/c1-15-8-10-21-19(12-15)14-20-13-16(2)9-11-22(20)26-28(24,25-21)27-23-17(3)6-5-7-18(23)4/h5-13H,14H2,1-4H3. The van der Waals surface area contributed by atoms with Gasteiger partial charge in [-0.3, -0.25) is 0 Å². The van der Waals surface area contributed by atoms with Gasteiger partial charge in [0.05, 0.1) is 0 Å². The van der Waals surface area contributed by atoms with Gasteiger partial charge < -0.3 is 13.6 Å². The van der Waals surface area contributed by atoms with Crippen LogP contribution in [-0.2, 0) is 11.0 Å². The second-order valence-corrected chi connectivity index (χ2v) is 8.78. The SMILES string of the molecule is Cc1ccc2c(c1)Cc1cc(C)ccc1OP(=O)(Oc1c(C)cccc1C)O2. The zero-order valence-corrected chi connectivity index (χ0v) is 17.4. The number of aryl methyl sites for hydroxylation is 4. The van der Waals surface area contributed by atoms with Gasteiger partial charge in [0.2, 0.25) is 0 Å². The van der Waals surface area contributed by atoms with Crippen molar-refractivity contribution in [1.82, 2.24) is 0 Å². The second kappa shape index (κ2) is 7.03. The fraction of sp³-hybridized carbons (Fsp3) is 0.217. The van der Waals surface area contributed by atoms with E-state index in [0.717, 1.165) is 33.4 Å². The van der Waals surface area contributed by atoms with Crippen LogP contribution in [0.5, 0.6) is 17.2 Å². The number of benzene rings is 3. The predicted molar refractivity (Wildman–Crippen MR) is 111 cm³/mol. The maximum Gasteiger partial charge on any atom is 0.647 e. The van der Waals surface area contributed by atoms with Gasteiger partial charge in [0.25, 0.3) is 0 Å². The third-order valence-corrected chi connectivity index (χ3v) is 6.09. The zero-order chi connectivity index (χ0) is 19.9. The van der Waals surface area contributed by atoms with Crippen LogP contribution in [0.1, 0.15) is 33.4 Å². The Morgan fingerprint density at radius 1 is 0.786 bits per heavy atom. The monoisotopic (exact) mass is 394 g/mol. The van der Waals surface area contributed by atoms with Crippen LogP contribution in [-0.4, -0.2) is 0 Å². The van der Waals surface area contributed by atoms with E-state index in [-0.39, 0.29) is 0 Å². The fourth-order valence-electron chi connectivity index (χ4n) is 3.43. The summed E-state index contributed by atoms with van der Waals surface area (Å²) in [6, 6.07) is 17.4. The maximum atomic E-state index is 13.7. The molecule has 5 heteroatoms. The van der Waals surface area contributed by atoms with E-state index in [0.29, 0.717) is 23.7 Å². The topological polar surface area (TPSA) is 44.8 Å². The molecule has 28 heavy (non-hydrogen) atoms. The lowest BCUT2D eigenvalue weighted by Crippen LogP contribution is -2.13. The van der Waals surface area contributed by atoms with E-state index >= 15 is 0 Å². The molecule has 4 rings (SSSR count). The number of fused-ring (bicyclic) bond motifs is 2. The summed E-state index contributed by atoms with van der Waals surface area (Å²) in [5.74, 6) is 1.56. The molecule has 0 unspecified atom stereocenters. The molecule has 3 aromatic rings. The summed E-state index contributed by atoms with van der Waals surface area (Å²) in [6.45, 7) is 7.87. The average Bonchev–Trinajstić information content (AvgIpc) is 2.62. The van der Waals surface area contributed by atoms with Gasteiger partial charge in [-0.15, -0.1) is 0 Å². The van der Waals surface area contributed by atoms with Crippen LogP contribution in [0.2, 0.25) is 0 Å². The Morgan fingerprint density at radius 3 is 1.79 bits per heavy atom. The number of para-hydroxylation sites is 1. The number of hydrogen-bond acceptors (Lipinski definition) is 4. The first kappa shape index (κ1) is 18.6. The molecule has 0 spiro atoms. The molecule has 1 heterocycles. The van der Waals surface area contributed by atoms with Gasteiger partial charge in [-0.05, 0) is 62.1 Å². The molecule has 0 aromatic heterocycles. The van der Waals surface area contributed by atoms with E-state index in [2.05, 4.69) is 12.1 Å². The van der Waals surface area contributed by atoms with Crippen molar-refractivity contribution in [3.8, 4) is 17.2 Å². The molecule has 0 fully saturated rings. The smallest absolute Gasteiger partial charge is 0.386 e. The predicted octanol–water partition coefficient (Wildman–Crippen LogP) is 6.47. The van der Waals surface area contributed by atoms with Gasteiger partial charge in [-0.25, -0.2) is 0 Å².